The van der Waals surface area contributed by atoms with Crippen LogP contribution in [0.5, 0.6) is 0 Å². The minimum absolute atomic E-state index is 0.0411. The number of carbonyl (C=O) groups excluding carboxylic acids is 1. The van der Waals surface area contributed by atoms with Crippen molar-refractivity contribution in [1.82, 2.24) is 5.32 Å². The summed E-state index contributed by atoms with van der Waals surface area (Å²) in [5, 5.41) is 13.8. The molecule has 0 aliphatic carbocycles. The van der Waals surface area contributed by atoms with Crippen LogP contribution in [0.15, 0.2) is 18.2 Å². The topological polar surface area (TPSA) is 102 Å². The van der Waals surface area contributed by atoms with Crippen LogP contribution < -0.4 is 16.0 Å². The highest BCUT2D eigenvalue weighted by atomic mass is 16.6. The monoisotopic (exact) mass is 292 g/mol. The predicted molar refractivity (Wildman–Crippen MR) is 80.5 cm³/mol. The predicted octanol–water partition coefficient (Wildman–Crippen LogP) is 1.13. The molecule has 0 spiro atoms. The van der Waals surface area contributed by atoms with Crippen molar-refractivity contribution in [1.29, 1.82) is 0 Å². The molecule has 2 atom stereocenters. The average Bonchev–Trinajstić information content (AvgIpc) is 2.86. The van der Waals surface area contributed by atoms with Gasteiger partial charge in [-0.2, -0.15) is 0 Å². The fourth-order valence-electron chi connectivity index (χ4n) is 2.85. The summed E-state index contributed by atoms with van der Waals surface area (Å²) in [6.45, 7) is 3.31. The second-order valence-electron chi connectivity index (χ2n) is 5.38. The molecule has 1 heterocycles. The number of benzene rings is 1. The summed E-state index contributed by atoms with van der Waals surface area (Å²) >= 11 is 0. The first kappa shape index (κ1) is 15.2. The van der Waals surface area contributed by atoms with Gasteiger partial charge in [-0.15, -0.1) is 0 Å². The highest BCUT2D eigenvalue weighted by Crippen LogP contribution is 2.35. The van der Waals surface area contributed by atoms with Gasteiger partial charge in [0.25, 0.3) is 11.6 Å². The van der Waals surface area contributed by atoms with Gasteiger partial charge < -0.3 is 16.0 Å². The van der Waals surface area contributed by atoms with E-state index in [-0.39, 0.29) is 23.2 Å². The normalized spacial score (nSPS) is 21.4. The lowest BCUT2D eigenvalue weighted by atomic mass is 10.1. The molecule has 1 fully saturated rings. The number of nitrogens with zero attached hydrogens (tertiary/aromatic N) is 2. The zero-order valence-electron chi connectivity index (χ0n) is 12.2. The molecule has 1 saturated heterocycles. The van der Waals surface area contributed by atoms with E-state index in [0.717, 1.165) is 6.42 Å². The number of hydrogen-bond donors (Lipinski definition) is 2. The van der Waals surface area contributed by atoms with Crippen LogP contribution in [0.1, 0.15) is 23.7 Å². The number of nitro groups is 1. The molecule has 0 aromatic heterocycles. The van der Waals surface area contributed by atoms with Gasteiger partial charge in [0.05, 0.1) is 4.92 Å². The van der Waals surface area contributed by atoms with E-state index in [1.54, 1.807) is 12.1 Å². The van der Waals surface area contributed by atoms with Gasteiger partial charge in [-0.3, -0.25) is 14.9 Å². The van der Waals surface area contributed by atoms with E-state index in [1.807, 2.05) is 11.8 Å². The van der Waals surface area contributed by atoms with Crippen LogP contribution in [-0.2, 0) is 0 Å². The summed E-state index contributed by atoms with van der Waals surface area (Å²) in [6.07, 6.45) is 0.921. The average molecular weight is 292 g/mol. The smallest absolute Gasteiger partial charge is 0.293 e. The molecule has 7 nitrogen and oxygen atoms in total. The summed E-state index contributed by atoms with van der Waals surface area (Å²) in [5.74, 6) is 0.0113. The molecule has 0 saturated carbocycles. The van der Waals surface area contributed by atoms with Gasteiger partial charge in [-0.1, -0.05) is 0 Å². The van der Waals surface area contributed by atoms with Crippen molar-refractivity contribution in [2.24, 2.45) is 11.7 Å². The molecule has 114 valence electrons. The van der Waals surface area contributed by atoms with E-state index < -0.39 is 4.92 Å². The van der Waals surface area contributed by atoms with Gasteiger partial charge in [0, 0.05) is 31.3 Å². The summed E-state index contributed by atoms with van der Waals surface area (Å²) in [5.41, 5.74) is 6.50. The minimum Gasteiger partial charge on any atom is -0.363 e. The SMILES string of the molecule is CNC(=O)c1ccc(N2CC(CN)CC2C)c([N+](=O)[O-])c1. The lowest BCUT2D eigenvalue weighted by Gasteiger charge is -2.23. The molecular formula is C14H20N4O3. The van der Waals surface area contributed by atoms with Crippen LogP contribution in [0.4, 0.5) is 11.4 Å². The van der Waals surface area contributed by atoms with Crippen molar-refractivity contribution in [2.75, 3.05) is 25.0 Å². The van der Waals surface area contributed by atoms with Crippen LogP contribution in [0, 0.1) is 16.0 Å². The summed E-state index contributed by atoms with van der Waals surface area (Å²) in [6, 6.07) is 4.79. The first-order chi connectivity index (χ1) is 9.97. The second-order valence-corrected chi connectivity index (χ2v) is 5.38. The first-order valence-electron chi connectivity index (χ1n) is 6.95. The molecule has 2 unspecified atom stereocenters. The summed E-state index contributed by atoms with van der Waals surface area (Å²) in [7, 11) is 1.50. The van der Waals surface area contributed by atoms with Gasteiger partial charge in [0.1, 0.15) is 5.69 Å². The molecule has 1 aliphatic rings. The Labute approximate surface area is 123 Å². The van der Waals surface area contributed by atoms with Crippen molar-refractivity contribution in [3.63, 3.8) is 0 Å². The number of nitrogens with one attached hydrogen (secondary N) is 1. The van der Waals surface area contributed by atoms with Crippen LogP contribution >= 0.6 is 0 Å². The van der Waals surface area contributed by atoms with Gasteiger partial charge in [-0.05, 0) is 37.9 Å². The number of amides is 1. The fraction of sp³-hybridized carbons (Fsp3) is 0.500. The quantitative estimate of drug-likeness (QED) is 0.640. The third kappa shape index (κ3) is 2.97. The highest BCUT2D eigenvalue weighted by Gasteiger charge is 2.32. The summed E-state index contributed by atoms with van der Waals surface area (Å²) < 4.78 is 0. The summed E-state index contributed by atoms with van der Waals surface area (Å²) in [4.78, 5) is 24.5. The number of nitro benzene ring substituents is 1. The van der Waals surface area contributed by atoms with Crippen LogP contribution in [0.2, 0.25) is 0 Å². The Balaban J connectivity index is 2.39. The van der Waals surface area contributed by atoms with E-state index in [2.05, 4.69) is 5.32 Å². The minimum atomic E-state index is -0.440. The third-order valence-corrected chi connectivity index (χ3v) is 3.97. The van der Waals surface area contributed by atoms with Gasteiger partial charge in [-0.25, -0.2) is 0 Å². The molecule has 7 heteroatoms. The number of anilines is 1. The van der Waals surface area contributed by atoms with Gasteiger partial charge in [0.15, 0.2) is 0 Å². The van der Waals surface area contributed by atoms with E-state index in [1.165, 1.54) is 13.1 Å². The van der Waals surface area contributed by atoms with Crippen molar-refractivity contribution >= 4 is 17.3 Å². The molecule has 2 rings (SSSR count). The van der Waals surface area contributed by atoms with Gasteiger partial charge >= 0.3 is 0 Å². The van der Waals surface area contributed by atoms with Crippen molar-refractivity contribution in [3.05, 3.63) is 33.9 Å². The number of carbonyl (C=O) groups is 1. The molecule has 0 bridgehead atoms. The maximum absolute atomic E-state index is 11.6. The number of rotatable bonds is 4. The van der Waals surface area contributed by atoms with E-state index in [4.69, 9.17) is 5.73 Å². The fourth-order valence-corrected chi connectivity index (χ4v) is 2.85. The van der Waals surface area contributed by atoms with E-state index in [0.29, 0.717) is 24.7 Å². The number of hydrogen-bond acceptors (Lipinski definition) is 5. The van der Waals surface area contributed by atoms with Crippen molar-refractivity contribution in [2.45, 2.75) is 19.4 Å². The Hall–Kier alpha value is -2.15. The molecular weight excluding hydrogens is 272 g/mol. The first-order valence-corrected chi connectivity index (χ1v) is 6.95. The maximum atomic E-state index is 11.6. The largest absolute Gasteiger partial charge is 0.363 e. The zero-order chi connectivity index (χ0) is 15.6. The second kappa shape index (κ2) is 6.09. The molecule has 1 aliphatic heterocycles. The van der Waals surface area contributed by atoms with Crippen LogP contribution in [0.25, 0.3) is 0 Å². The standard InChI is InChI=1S/C14H20N4O3/c1-9-5-10(7-15)8-17(9)12-4-3-11(14(19)16-2)6-13(12)18(20)21/h3-4,6,9-10H,5,7-8,15H2,1-2H3,(H,16,19). The number of nitrogens with two attached hydrogens (primary N) is 1. The Morgan fingerprint density at radius 3 is 2.81 bits per heavy atom. The zero-order valence-corrected chi connectivity index (χ0v) is 12.2. The van der Waals surface area contributed by atoms with E-state index in [9.17, 15) is 14.9 Å². The lowest BCUT2D eigenvalue weighted by molar-refractivity contribution is -0.384. The molecule has 1 aromatic rings. The lowest BCUT2D eigenvalue weighted by Crippen LogP contribution is -2.28. The molecule has 21 heavy (non-hydrogen) atoms. The molecule has 1 amide bonds. The molecule has 1 aromatic carbocycles. The highest BCUT2D eigenvalue weighted by molar-refractivity contribution is 5.95. The molecule has 3 N–H and O–H groups in total. The van der Waals surface area contributed by atoms with Crippen LogP contribution in [0.3, 0.4) is 0 Å². The Morgan fingerprint density at radius 2 is 2.29 bits per heavy atom. The van der Waals surface area contributed by atoms with Gasteiger partial charge in [0.2, 0.25) is 0 Å². The Morgan fingerprint density at radius 1 is 1.57 bits per heavy atom. The van der Waals surface area contributed by atoms with E-state index >= 15 is 0 Å². The Kier molecular flexibility index (Phi) is 4.42. The van der Waals surface area contributed by atoms with Crippen molar-refractivity contribution in [3.8, 4) is 0 Å². The van der Waals surface area contributed by atoms with Crippen LogP contribution in [-0.4, -0.2) is 37.0 Å². The Bertz CT molecular complexity index is 561. The third-order valence-electron chi connectivity index (χ3n) is 3.97. The van der Waals surface area contributed by atoms with Crippen molar-refractivity contribution < 1.29 is 9.72 Å². The molecule has 0 radical (unpaired) electrons. The maximum Gasteiger partial charge on any atom is 0.293 e.